The van der Waals surface area contributed by atoms with Gasteiger partial charge in [-0.25, -0.2) is 18.0 Å². The number of aliphatic hydroxyl groups excluding tert-OH is 1. The van der Waals surface area contributed by atoms with Gasteiger partial charge in [0.2, 0.25) is 0 Å². The van der Waals surface area contributed by atoms with Gasteiger partial charge in [-0.05, 0) is 11.8 Å². The molecule has 0 aliphatic carbocycles. The van der Waals surface area contributed by atoms with Crippen molar-refractivity contribution >= 4 is 11.7 Å². The molecule has 0 unspecified atom stereocenters. The van der Waals surface area contributed by atoms with Crippen molar-refractivity contribution < 1.29 is 23.1 Å². The maximum atomic E-state index is 13.6. The van der Waals surface area contributed by atoms with Crippen LogP contribution in [0.3, 0.4) is 0 Å². The maximum absolute atomic E-state index is 13.6. The quantitative estimate of drug-likeness (QED) is 0.818. The van der Waals surface area contributed by atoms with Gasteiger partial charge < -0.3 is 15.3 Å². The Morgan fingerprint density at radius 3 is 2.32 bits per heavy atom. The predicted molar refractivity (Wildman–Crippen MR) is 78.1 cm³/mol. The second-order valence-electron chi connectivity index (χ2n) is 6.24. The van der Waals surface area contributed by atoms with Crippen molar-refractivity contribution in [2.45, 2.75) is 27.2 Å². The number of aliphatic hydroxyl groups is 1. The number of rotatable bonds is 5. The molecule has 0 bridgehead atoms. The number of hydrogen-bond acceptors (Lipinski definition) is 2. The first kappa shape index (κ1) is 18.3. The molecule has 0 aliphatic heterocycles. The van der Waals surface area contributed by atoms with E-state index in [0.717, 1.165) is 0 Å². The van der Waals surface area contributed by atoms with Crippen molar-refractivity contribution in [1.82, 2.24) is 4.90 Å². The highest BCUT2D eigenvalue weighted by atomic mass is 19.2. The minimum absolute atomic E-state index is 0.0898. The van der Waals surface area contributed by atoms with Gasteiger partial charge in [0.25, 0.3) is 0 Å². The van der Waals surface area contributed by atoms with E-state index >= 15 is 0 Å². The topological polar surface area (TPSA) is 52.6 Å². The van der Waals surface area contributed by atoms with E-state index in [9.17, 15) is 18.0 Å². The standard InChI is InChI=1S/C15H21F3N2O2/c1-15(2,3)9-20(5-4-6-21)14(22)19-13-8-11(17)10(16)7-12(13)18/h7-8,21H,4-6,9H2,1-3H3,(H,19,22). The fourth-order valence-electron chi connectivity index (χ4n) is 1.90. The van der Waals surface area contributed by atoms with Crippen molar-refractivity contribution in [2.24, 2.45) is 5.41 Å². The second-order valence-corrected chi connectivity index (χ2v) is 6.24. The van der Waals surface area contributed by atoms with E-state index in [1.165, 1.54) is 4.90 Å². The molecule has 2 N–H and O–H groups in total. The first-order valence-electron chi connectivity index (χ1n) is 6.95. The molecule has 0 spiro atoms. The van der Waals surface area contributed by atoms with Crippen LogP contribution < -0.4 is 5.32 Å². The zero-order valence-electron chi connectivity index (χ0n) is 12.9. The van der Waals surface area contributed by atoms with Crippen LogP contribution in [0.2, 0.25) is 0 Å². The monoisotopic (exact) mass is 318 g/mol. The first-order chi connectivity index (χ1) is 10.1. The lowest BCUT2D eigenvalue weighted by atomic mass is 9.96. The van der Waals surface area contributed by atoms with Crippen LogP contribution in [0.5, 0.6) is 0 Å². The van der Waals surface area contributed by atoms with Gasteiger partial charge in [0.1, 0.15) is 5.82 Å². The van der Waals surface area contributed by atoms with Crippen LogP contribution in [0.4, 0.5) is 23.7 Å². The van der Waals surface area contributed by atoms with Crippen LogP contribution in [0.15, 0.2) is 12.1 Å². The van der Waals surface area contributed by atoms with E-state index in [-0.39, 0.29) is 18.6 Å². The number of nitrogens with one attached hydrogen (secondary N) is 1. The molecule has 0 aromatic heterocycles. The summed E-state index contributed by atoms with van der Waals surface area (Å²) in [6.45, 7) is 6.31. The summed E-state index contributed by atoms with van der Waals surface area (Å²) in [6, 6.07) is 0.352. The summed E-state index contributed by atoms with van der Waals surface area (Å²) >= 11 is 0. The van der Waals surface area contributed by atoms with Gasteiger partial charge in [0.05, 0.1) is 5.69 Å². The smallest absolute Gasteiger partial charge is 0.321 e. The first-order valence-corrected chi connectivity index (χ1v) is 6.95. The Kier molecular flexibility index (Phi) is 6.22. The molecule has 0 heterocycles. The fraction of sp³-hybridized carbons (Fsp3) is 0.533. The number of halogens is 3. The number of anilines is 1. The lowest BCUT2D eigenvalue weighted by Crippen LogP contribution is -2.41. The van der Waals surface area contributed by atoms with Gasteiger partial charge in [-0.15, -0.1) is 0 Å². The molecule has 124 valence electrons. The Morgan fingerprint density at radius 2 is 1.77 bits per heavy atom. The summed E-state index contributed by atoms with van der Waals surface area (Å²) in [7, 11) is 0. The Morgan fingerprint density at radius 1 is 1.18 bits per heavy atom. The summed E-state index contributed by atoms with van der Waals surface area (Å²) in [5, 5.41) is 11.1. The Hall–Kier alpha value is -1.76. The van der Waals surface area contributed by atoms with E-state index < -0.39 is 29.2 Å². The van der Waals surface area contributed by atoms with E-state index in [0.29, 0.717) is 25.1 Å². The number of amides is 2. The predicted octanol–water partition coefficient (Wildman–Crippen LogP) is 3.37. The fourth-order valence-corrected chi connectivity index (χ4v) is 1.90. The third-order valence-corrected chi connectivity index (χ3v) is 2.79. The molecule has 0 radical (unpaired) electrons. The van der Waals surface area contributed by atoms with Gasteiger partial charge >= 0.3 is 6.03 Å². The maximum Gasteiger partial charge on any atom is 0.321 e. The molecule has 7 heteroatoms. The summed E-state index contributed by atoms with van der Waals surface area (Å²) in [4.78, 5) is 13.6. The Bertz CT molecular complexity index is 530. The molecule has 0 saturated carbocycles. The third kappa shape index (κ3) is 5.55. The molecule has 0 atom stereocenters. The molecule has 0 fully saturated rings. The lowest BCUT2D eigenvalue weighted by Gasteiger charge is -2.30. The Labute approximate surface area is 127 Å². The van der Waals surface area contributed by atoms with Crippen molar-refractivity contribution in [3.05, 3.63) is 29.6 Å². The van der Waals surface area contributed by atoms with Crippen LogP contribution in [0.25, 0.3) is 0 Å². The Balaban J connectivity index is 2.88. The van der Waals surface area contributed by atoms with E-state index in [4.69, 9.17) is 5.11 Å². The normalized spacial score (nSPS) is 11.4. The molecule has 1 aromatic carbocycles. The van der Waals surface area contributed by atoms with Gasteiger partial charge in [-0.2, -0.15) is 0 Å². The zero-order chi connectivity index (χ0) is 16.9. The summed E-state index contributed by atoms with van der Waals surface area (Å²) in [5.74, 6) is -3.61. The van der Waals surface area contributed by atoms with Crippen LogP contribution >= 0.6 is 0 Å². The number of carbonyl (C=O) groups excluding carboxylic acids is 1. The summed E-state index contributed by atoms with van der Waals surface area (Å²) < 4.78 is 39.6. The molecule has 22 heavy (non-hydrogen) atoms. The number of urea groups is 1. The molecule has 2 amide bonds. The van der Waals surface area contributed by atoms with Crippen LogP contribution in [-0.2, 0) is 0 Å². The van der Waals surface area contributed by atoms with E-state index in [2.05, 4.69) is 5.32 Å². The molecule has 4 nitrogen and oxygen atoms in total. The largest absolute Gasteiger partial charge is 0.396 e. The van der Waals surface area contributed by atoms with Crippen molar-refractivity contribution in [3.63, 3.8) is 0 Å². The number of hydrogen-bond donors (Lipinski definition) is 2. The molecular weight excluding hydrogens is 297 g/mol. The minimum Gasteiger partial charge on any atom is -0.396 e. The zero-order valence-corrected chi connectivity index (χ0v) is 12.9. The van der Waals surface area contributed by atoms with Crippen LogP contribution in [0, 0.1) is 22.9 Å². The van der Waals surface area contributed by atoms with Gasteiger partial charge in [0, 0.05) is 31.8 Å². The number of carbonyl (C=O) groups is 1. The van der Waals surface area contributed by atoms with Gasteiger partial charge in [0.15, 0.2) is 11.6 Å². The molecule has 0 aliphatic rings. The molecular formula is C15H21F3N2O2. The van der Waals surface area contributed by atoms with Crippen molar-refractivity contribution in [1.29, 1.82) is 0 Å². The van der Waals surface area contributed by atoms with Gasteiger partial charge in [-0.1, -0.05) is 20.8 Å². The molecule has 1 aromatic rings. The van der Waals surface area contributed by atoms with E-state index in [1.54, 1.807) is 0 Å². The van der Waals surface area contributed by atoms with Crippen molar-refractivity contribution in [3.8, 4) is 0 Å². The minimum atomic E-state index is -1.32. The second kappa shape index (κ2) is 7.49. The number of nitrogens with zero attached hydrogens (tertiary/aromatic N) is 1. The average molecular weight is 318 g/mol. The highest BCUT2D eigenvalue weighted by Crippen LogP contribution is 2.20. The summed E-state index contributed by atoms with van der Waals surface area (Å²) in [5.41, 5.74) is -0.633. The molecule has 0 saturated heterocycles. The number of benzene rings is 1. The van der Waals surface area contributed by atoms with E-state index in [1.807, 2.05) is 20.8 Å². The molecule has 1 rings (SSSR count). The third-order valence-electron chi connectivity index (χ3n) is 2.79. The van der Waals surface area contributed by atoms with Crippen LogP contribution in [-0.4, -0.2) is 35.7 Å². The summed E-state index contributed by atoms with van der Waals surface area (Å²) in [6.07, 6.45) is 0.365. The van der Waals surface area contributed by atoms with Crippen LogP contribution in [0.1, 0.15) is 27.2 Å². The SMILES string of the molecule is CC(C)(C)CN(CCCO)C(=O)Nc1cc(F)c(F)cc1F. The highest BCUT2D eigenvalue weighted by Gasteiger charge is 2.22. The lowest BCUT2D eigenvalue weighted by molar-refractivity contribution is 0.176. The van der Waals surface area contributed by atoms with Crippen molar-refractivity contribution in [2.75, 3.05) is 25.0 Å². The van der Waals surface area contributed by atoms with Gasteiger partial charge in [-0.3, -0.25) is 0 Å². The highest BCUT2D eigenvalue weighted by molar-refractivity contribution is 5.89. The average Bonchev–Trinajstić information content (AvgIpc) is 2.39.